The van der Waals surface area contributed by atoms with Crippen LogP contribution >= 0.6 is 0 Å². The third kappa shape index (κ3) is 2.19. The molecule has 1 aromatic carbocycles. The van der Waals surface area contributed by atoms with Crippen LogP contribution in [0.2, 0.25) is 0 Å². The van der Waals surface area contributed by atoms with Crippen LogP contribution in [0.25, 0.3) is 17.0 Å². The fourth-order valence-corrected chi connectivity index (χ4v) is 2.94. The van der Waals surface area contributed by atoms with Gasteiger partial charge in [0.25, 0.3) is 0 Å². The molecule has 0 fully saturated rings. The van der Waals surface area contributed by atoms with E-state index in [1.54, 1.807) is 0 Å². The smallest absolute Gasteiger partial charge is 0.143 e. The van der Waals surface area contributed by atoms with Crippen LogP contribution in [-0.2, 0) is 6.54 Å². The number of hydrogen-bond donors (Lipinski definition) is 1. The van der Waals surface area contributed by atoms with Crippen molar-refractivity contribution in [3.8, 4) is 11.4 Å². The molecule has 0 radical (unpaired) electrons. The summed E-state index contributed by atoms with van der Waals surface area (Å²) in [5.41, 5.74) is 6.97. The molecule has 1 aromatic heterocycles. The van der Waals surface area contributed by atoms with Crippen LogP contribution in [0.15, 0.2) is 42.5 Å². The van der Waals surface area contributed by atoms with Crippen LogP contribution in [0.5, 0.6) is 0 Å². The number of rotatable bonds is 2. The van der Waals surface area contributed by atoms with E-state index in [1.165, 1.54) is 16.8 Å². The highest BCUT2D eigenvalue weighted by molar-refractivity contribution is 5.80. The monoisotopic (exact) mass is 279 g/mol. The second kappa shape index (κ2) is 5.24. The maximum Gasteiger partial charge on any atom is 0.143 e. The molecule has 21 heavy (non-hydrogen) atoms. The molecule has 0 saturated heterocycles. The number of fused-ring (bicyclic) bond motifs is 3. The van der Waals surface area contributed by atoms with E-state index in [9.17, 15) is 0 Å². The highest BCUT2D eigenvalue weighted by Gasteiger charge is 2.21. The van der Waals surface area contributed by atoms with Crippen molar-refractivity contribution in [2.45, 2.75) is 27.3 Å². The number of nitrogens with zero attached hydrogens (tertiary/aromatic N) is 2. The van der Waals surface area contributed by atoms with Gasteiger partial charge in [-0.15, -0.1) is 0 Å². The summed E-state index contributed by atoms with van der Waals surface area (Å²) < 4.78 is 2.31. The molecule has 1 N–H and O–H groups in total. The minimum Gasteiger partial charge on any atom is -0.383 e. The van der Waals surface area contributed by atoms with Crippen molar-refractivity contribution >= 4 is 11.3 Å². The fraction of sp³-hybridized carbons (Fsp3) is 0.278. The normalized spacial score (nSPS) is 12.7. The molecule has 0 unspecified atom stereocenters. The summed E-state index contributed by atoms with van der Waals surface area (Å²) in [6.45, 7) is 12.2. The van der Waals surface area contributed by atoms with Crippen molar-refractivity contribution in [3.05, 3.63) is 53.9 Å². The fourth-order valence-electron chi connectivity index (χ4n) is 2.94. The van der Waals surface area contributed by atoms with Crippen LogP contribution in [0.1, 0.15) is 25.2 Å². The second-order valence-corrected chi connectivity index (χ2v) is 5.61. The van der Waals surface area contributed by atoms with Gasteiger partial charge in [-0.05, 0) is 32.9 Å². The summed E-state index contributed by atoms with van der Waals surface area (Å²) in [6.07, 6.45) is 1.91. The summed E-state index contributed by atoms with van der Waals surface area (Å²) >= 11 is 0. The highest BCUT2D eigenvalue weighted by atomic mass is 15.1. The van der Waals surface area contributed by atoms with E-state index in [1.807, 2.05) is 6.08 Å². The molecule has 0 saturated carbocycles. The summed E-state index contributed by atoms with van der Waals surface area (Å²) in [5, 5.41) is 3.48. The minimum absolute atomic E-state index is 0.916. The average Bonchev–Trinajstić information content (AvgIpc) is 2.68. The van der Waals surface area contributed by atoms with Crippen molar-refractivity contribution in [2.75, 3.05) is 11.9 Å². The molecule has 3 heteroatoms. The quantitative estimate of drug-likeness (QED) is 0.832. The van der Waals surface area contributed by atoms with E-state index < -0.39 is 0 Å². The van der Waals surface area contributed by atoms with Crippen LogP contribution in [-0.4, -0.2) is 16.1 Å². The average molecular weight is 279 g/mol. The first-order chi connectivity index (χ1) is 10.1. The van der Waals surface area contributed by atoms with Crippen LogP contribution in [0.3, 0.4) is 0 Å². The van der Waals surface area contributed by atoms with Crippen LogP contribution < -0.4 is 5.32 Å². The Morgan fingerprint density at radius 1 is 1.33 bits per heavy atom. The standard InChI is InChI=1S/C18H21N3/c1-5-14(12(2)3)17-13(4)21-11-10-19-16-9-7-6-8-15(16)18(21)20-17/h5-9,19H,1,10-11H2,2-4H3. The van der Waals surface area contributed by atoms with Crippen molar-refractivity contribution < 1.29 is 0 Å². The third-order valence-electron chi connectivity index (χ3n) is 4.04. The molecule has 0 spiro atoms. The summed E-state index contributed by atoms with van der Waals surface area (Å²) in [5.74, 6) is 1.05. The highest BCUT2D eigenvalue weighted by Crippen LogP contribution is 2.33. The van der Waals surface area contributed by atoms with Gasteiger partial charge in [0.2, 0.25) is 0 Å². The Bertz CT molecular complexity index is 731. The summed E-state index contributed by atoms with van der Waals surface area (Å²) in [4.78, 5) is 4.94. The SMILES string of the molecule is C=CC(=C(C)C)c1nc2n(c1C)CCNc1ccccc1-2. The topological polar surface area (TPSA) is 29.9 Å². The molecule has 2 aromatic rings. The maximum absolute atomic E-state index is 4.94. The number of aromatic nitrogens is 2. The first kappa shape index (κ1) is 13.7. The lowest BCUT2D eigenvalue weighted by atomic mass is 10.1. The van der Waals surface area contributed by atoms with Gasteiger partial charge in [-0.1, -0.05) is 30.4 Å². The van der Waals surface area contributed by atoms with Gasteiger partial charge in [-0.3, -0.25) is 0 Å². The molecule has 0 aliphatic carbocycles. The first-order valence-electron chi connectivity index (χ1n) is 7.34. The van der Waals surface area contributed by atoms with E-state index in [-0.39, 0.29) is 0 Å². The Balaban J connectivity index is 2.26. The van der Waals surface area contributed by atoms with Gasteiger partial charge in [0.1, 0.15) is 5.82 Å². The van der Waals surface area contributed by atoms with Gasteiger partial charge in [-0.25, -0.2) is 4.98 Å². The van der Waals surface area contributed by atoms with E-state index in [2.05, 4.69) is 61.5 Å². The van der Waals surface area contributed by atoms with Crippen molar-refractivity contribution in [2.24, 2.45) is 0 Å². The number of hydrogen-bond acceptors (Lipinski definition) is 2. The molecule has 2 heterocycles. The molecule has 1 aliphatic rings. The predicted molar refractivity (Wildman–Crippen MR) is 89.4 cm³/mol. The lowest BCUT2D eigenvalue weighted by Crippen LogP contribution is -2.09. The zero-order valence-electron chi connectivity index (χ0n) is 12.9. The molecule has 3 rings (SSSR count). The largest absolute Gasteiger partial charge is 0.383 e. The van der Waals surface area contributed by atoms with E-state index >= 15 is 0 Å². The van der Waals surface area contributed by atoms with Crippen molar-refractivity contribution in [1.82, 2.24) is 9.55 Å². The molecule has 108 valence electrons. The number of allylic oxidation sites excluding steroid dienone is 3. The Morgan fingerprint density at radius 3 is 2.81 bits per heavy atom. The van der Waals surface area contributed by atoms with Crippen LogP contribution in [0, 0.1) is 6.92 Å². The number of anilines is 1. The number of para-hydroxylation sites is 1. The molecule has 1 aliphatic heterocycles. The van der Waals surface area contributed by atoms with Gasteiger partial charge < -0.3 is 9.88 Å². The van der Waals surface area contributed by atoms with E-state index in [4.69, 9.17) is 4.98 Å². The number of imidazole rings is 1. The predicted octanol–water partition coefficient (Wildman–Crippen LogP) is 4.26. The lowest BCUT2D eigenvalue weighted by Gasteiger charge is -2.07. The van der Waals surface area contributed by atoms with E-state index in [0.717, 1.165) is 35.9 Å². The molecular weight excluding hydrogens is 258 g/mol. The zero-order valence-corrected chi connectivity index (χ0v) is 12.9. The molecule has 0 atom stereocenters. The van der Waals surface area contributed by atoms with Gasteiger partial charge in [0.05, 0.1) is 5.69 Å². The summed E-state index contributed by atoms with van der Waals surface area (Å²) in [6, 6.07) is 8.37. The minimum atomic E-state index is 0.916. The van der Waals surface area contributed by atoms with Gasteiger partial charge in [0.15, 0.2) is 0 Å². The molecular formula is C18H21N3. The van der Waals surface area contributed by atoms with Gasteiger partial charge >= 0.3 is 0 Å². The van der Waals surface area contributed by atoms with Crippen molar-refractivity contribution in [3.63, 3.8) is 0 Å². The van der Waals surface area contributed by atoms with Crippen LogP contribution in [0.4, 0.5) is 5.69 Å². The molecule has 0 amide bonds. The lowest BCUT2D eigenvalue weighted by molar-refractivity contribution is 0.722. The molecule has 0 bridgehead atoms. The van der Waals surface area contributed by atoms with Gasteiger partial charge in [0, 0.05) is 35.6 Å². The number of benzene rings is 1. The second-order valence-electron chi connectivity index (χ2n) is 5.61. The first-order valence-corrected chi connectivity index (χ1v) is 7.34. The Morgan fingerprint density at radius 2 is 2.10 bits per heavy atom. The number of nitrogens with one attached hydrogen (secondary N) is 1. The molecule has 3 nitrogen and oxygen atoms in total. The third-order valence-corrected chi connectivity index (χ3v) is 4.04. The van der Waals surface area contributed by atoms with Gasteiger partial charge in [-0.2, -0.15) is 0 Å². The Kier molecular flexibility index (Phi) is 3.42. The Hall–Kier alpha value is -2.29. The van der Waals surface area contributed by atoms with Crippen molar-refractivity contribution in [1.29, 1.82) is 0 Å². The Labute approximate surface area is 126 Å². The summed E-state index contributed by atoms with van der Waals surface area (Å²) in [7, 11) is 0. The zero-order chi connectivity index (χ0) is 15.0. The van der Waals surface area contributed by atoms with E-state index in [0.29, 0.717) is 0 Å². The maximum atomic E-state index is 4.94.